The quantitative estimate of drug-likeness (QED) is 0.762. The van der Waals surface area contributed by atoms with Gasteiger partial charge in [-0.3, -0.25) is 4.79 Å². The molecule has 1 fully saturated rings. The van der Waals surface area contributed by atoms with Crippen molar-refractivity contribution in [2.24, 2.45) is 0 Å². The second kappa shape index (κ2) is 9.46. The summed E-state index contributed by atoms with van der Waals surface area (Å²) in [5.74, 6) is 1.35. The zero-order chi connectivity index (χ0) is 19.1. The Labute approximate surface area is 161 Å². The van der Waals surface area contributed by atoms with Crippen molar-refractivity contribution < 1.29 is 4.79 Å². The van der Waals surface area contributed by atoms with Crippen LogP contribution in [0, 0.1) is 6.92 Å². The first-order valence-corrected chi connectivity index (χ1v) is 9.81. The zero-order valence-corrected chi connectivity index (χ0v) is 16.3. The van der Waals surface area contributed by atoms with Gasteiger partial charge in [0, 0.05) is 38.8 Å². The Morgan fingerprint density at radius 1 is 1.11 bits per heavy atom. The third-order valence-electron chi connectivity index (χ3n) is 4.95. The standard InChI is InChI=1S/C21H29N5O/c1-3-25-12-14-26(15-13-25)21(27)19-16-20(24-17(2)23-19)22-11-7-10-18-8-5-4-6-9-18/h4-6,8-9,16H,3,7,10-15H2,1-2H3,(H,22,23,24). The number of rotatable bonds is 7. The van der Waals surface area contributed by atoms with E-state index in [1.54, 1.807) is 6.07 Å². The van der Waals surface area contributed by atoms with Crippen LogP contribution < -0.4 is 5.32 Å². The van der Waals surface area contributed by atoms with Crippen LogP contribution in [0.15, 0.2) is 36.4 Å². The fourth-order valence-corrected chi connectivity index (χ4v) is 3.35. The van der Waals surface area contributed by atoms with Gasteiger partial charge in [0.25, 0.3) is 5.91 Å². The summed E-state index contributed by atoms with van der Waals surface area (Å²) >= 11 is 0. The van der Waals surface area contributed by atoms with Gasteiger partial charge in [0.1, 0.15) is 17.3 Å². The topological polar surface area (TPSA) is 61.4 Å². The normalized spacial score (nSPS) is 15.0. The lowest BCUT2D eigenvalue weighted by atomic mass is 10.1. The van der Waals surface area contributed by atoms with Crippen molar-refractivity contribution in [1.29, 1.82) is 0 Å². The van der Waals surface area contributed by atoms with Gasteiger partial charge in [0.15, 0.2) is 0 Å². The minimum atomic E-state index is 0.00332. The van der Waals surface area contributed by atoms with Crippen LogP contribution in [0.2, 0.25) is 0 Å². The molecule has 2 aromatic rings. The van der Waals surface area contributed by atoms with Crippen LogP contribution in [0.3, 0.4) is 0 Å². The molecule has 6 heteroatoms. The molecule has 1 amide bonds. The van der Waals surface area contributed by atoms with Gasteiger partial charge in [-0.05, 0) is 31.9 Å². The molecule has 0 bridgehead atoms. The van der Waals surface area contributed by atoms with Crippen LogP contribution in [0.1, 0.15) is 35.2 Å². The van der Waals surface area contributed by atoms with Crippen LogP contribution in [0.5, 0.6) is 0 Å². The van der Waals surface area contributed by atoms with Crippen molar-refractivity contribution in [2.45, 2.75) is 26.7 Å². The Bertz CT molecular complexity index is 741. The van der Waals surface area contributed by atoms with Gasteiger partial charge in [-0.25, -0.2) is 9.97 Å². The van der Waals surface area contributed by atoms with Crippen molar-refractivity contribution in [2.75, 3.05) is 44.6 Å². The Morgan fingerprint density at radius 3 is 2.56 bits per heavy atom. The summed E-state index contributed by atoms with van der Waals surface area (Å²) in [6.07, 6.45) is 2.03. The Balaban J connectivity index is 1.55. The van der Waals surface area contributed by atoms with Crippen LogP contribution in [-0.2, 0) is 6.42 Å². The largest absolute Gasteiger partial charge is 0.370 e. The summed E-state index contributed by atoms with van der Waals surface area (Å²) in [6, 6.07) is 12.2. The highest BCUT2D eigenvalue weighted by Crippen LogP contribution is 2.12. The maximum absolute atomic E-state index is 12.8. The van der Waals surface area contributed by atoms with E-state index in [0.29, 0.717) is 11.5 Å². The summed E-state index contributed by atoms with van der Waals surface area (Å²) in [7, 11) is 0. The first kappa shape index (κ1) is 19.3. The smallest absolute Gasteiger partial charge is 0.272 e. The van der Waals surface area contributed by atoms with E-state index in [2.05, 4.69) is 51.4 Å². The number of piperazine rings is 1. The highest BCUT2D eigenvalue weighted by Gasteiger charge is 2.22. The second-order valence-corrected chi connectivity index (χ2v) is 6.93. The highest BCUT2D eigenvalue weighted by atomic mass is 16.2. The van der Waals surface area contributed by atoms with Gasteiger partial charge in [0.05, 0.1) is 0 Å². The predicted octanol–water partition coefficient (Wildman–Crippen LogP) is 2.61. The molecule has 0 spiro atoms. The number of hydrogen-bond donors (Lipinski definition) is 1. The number of aryl methyl sites for hydroxylation is 2. The maximum atomic E-state index is 12.8. The molecular formula is C21H29N5O. The molecule has 144 valence electrons. The molecule has 27 heavy (non-hydrogen) atoms. The van der Waals surface area contributed by atoms with Crippen LogP contribution >= 0.6 is 0 Å². The van der Waals surface area contributed by atoms with Gasteiger partial charge in [-0.1, -0.05) is 37.3 Å². The number of anilines is 1. The molecule has 6 nitrogen and oxygen atoms in total. The summed E-state index contributed by atoms with van der Waals surface area (Å²) in [6.45, 7) is 9.21. The molecule has 3 rings (SSSR count). The second-order valence-electron chi connectivity index (χ2n) is 6.93. The number of aromatic nitrogens is 2. The van der Waals surface area contributed by atoms with Gasteiger partial charge in [0.2, 0.25) is 0 Å². The molecule has 1 saturated heterocycles. The summed E-state index contributed by atoms with van der Waals surface area (Å²) in [5.41, 5.74) is 1.82. The van der Waals surface area contributed by atoms with E-state index < -0.39 is 0 Å². The molecule has 2 heterocycles. The van der Waals surface area contributed by atoms with Gasteiger partial charge < -0.3 is 15.1 Å². The fourth-order valence-electron chi connectivity index (χ4n) is 3.35. The van der Waals surface area contributed by atoms with E-state index in [4.69, 9.17) is 0 Å². The molecule has 1 N–H and O–H groups in total. The lowest BCUT2D eigenvalue weighted by Crippen LogP contribution is -2.48. The summed E-state index contributed by atoms with van der Waals surface area (Å²) in [5, 5.41) is 3.34. The number of hydrogen-bond acceptors (Lipinski definition) is 5. The van der Waals surface area contributed by atoms with Crippen molar-refractivity contribution in [3.05, 3.63) is 53.5 Å². The molecule has 0 unspecified atom stereocenters. The lowest BCUT2D eigenvalue weighted by Gasteiger charge is -2.33. The molecule has 0 radical (unpaired) electrons. The summed E-state index contributed by atoms with van der Waals surface area (Å²) in [4.78, 5) is 25.9. The van der Waals surface area contributed by atoms with E-state index in [-0.39, 0.29) is 5.91 Å². The summed E-state index contributed by atoms with van der Waals surface area (Å²) < 4.78 is 0. The maximum Gasteiger partial charge on any atom is 0.272 e. The molecule has 1 aliphatic heterocycles. The fraction of sp³-hybridized carbons (Fsp3) is 0.476. The zero-order valence-electron chi connectivity index (χ0n) is 16.3. The van der Waals surface area contributed by atoms with E-state index in [1.807, 2.05) is 17.9 Å². The first-order chi connectivity index (χ1) is 13.2. The third kappa shape index (κ3) is 5.50. The number of amides is 1. The minimum Gasteiger partial charge on any atom is -0.370 e. The number of carbonyl (C=O) groups excluding carboxylic acids is 1. The number of likely N-dealkylation sites (N-methyl/N-ethyl adjacent to an activating group) is 1. The van der Waals surface area contributed by atoms with Gasteiger partial charge in [-0.2, -0.15) is 0 Å². The Kier molecular flexibility index (Phi) is 6.76. The molecular weight excluding hydrogens is 338 g/mol. The first-order valence-electron chi connectivity index (χ1n) is 9.81. The highest BCUT2D eigenvalue weighted by molar-refractivity contribution is 5.93. The van der Waals surface area contributed by atoms with Crippen LogP contribution in [0.4, 0.5) is 5.82 Å². The Hall–Kier alpha value is -2.47. The average Bonchev–Trinajstić information content (AvgIpc) is 2.71. The van der Waals surface area contributed by atoms with Crippen molar-refractivity contribution in [3.8, 4) is 0 Å². The van der Waals surface area contributed by atoms with E-state index in [9.17, 15) is 4.79 Å². The Morgan fingerprint density at radius 2 is 1.85 bits per heavy atom. The number of nitrogens with zero attached hydrogens (tertiary/aromatic N) is 4. The van der Waals surface area contributed by atoms with Crippen molar-refractivity contribution in [3.63, 3.8) is 0 Å². The molecule has 1 aromatic carbocycles. The van der Waals surface area contributed by atoms with Crippen LogP contribution in [0.25, 0.3) is 0 Å². The number of carbonyl (C=O) groups is 1. The number of benzene rings is 1. The monoisotopic (exact) mass is 367 g/mol. The lowest BCUT2D eigenvalue weighted by molar-refractivity contribution is 0.0637. The van der Waals surface area contributed by atoms with Crippen molar-refractivity contribution >= 4 is 11.7 Å². The SMILES string of the molecule is CCN1CCN(C(=O)c2cc(NCCCc3ccccc3)nc(C)n2)CC1. The average molecular weight is 367 g/mol. The molecule has 0 saturated carbocycles. The third-order valence-corrected chi connectivity index (χ3v) is 4.95. The van der Waals surface area contributed by atoms with E-state index >= 15 is 0 Å². The molecule has 1 aliphatic rings. The van der Waals surface area contributed by atoms with Gasteiger partial charge >= 0.3 is 0 Å². The van der Waals surface area contributed by atoms with E-state index in [1.165, 1.54) is 5.56 Å². The molecule has 0 aliphatic carbocycles. The predicted molar refractivity (Wildman–Crippen MR) is 108 cm³/mol. The minimum absolute atomic E-state index is 0.00332. The molecule has 0 atom stereocenters. The number of nitrogens with one attached hydrogen (secondary N) is 1. The van der Waals surface area contributed by atoms with Crippen molar-refractivity contribution in [1.82, 2.24) is 19.8 Å². The van der Waals surface area contributed by atoms with Crippen LogP contribution in [-0.4, -0.2) is 64.9 Å². The molecule has 1 aromatic heterocycles. The van der Waals surface area contributed by atoms with Gasteiger partial charge in [-0.15, -0.1) is 0 Å². The van der Waals surface area contributed by atoms with E-state index in [0.717, 1.165) is 57.9 Å².